The second-order valence-electron chi connectivity index (χ2n) is 3.39. The number of benzene rings is 1. The summed E-state index contributed by atoms with van der Waals surface area (Å²) in [5, 5.41) is 5.58. The summed E-state index contributed by atoms with van der Waals surface area (Å²) in [6, 6.07) is 10.1. The van der Waals surface area contributed by atoms with Gasteiger partial charge in [0.1, 0.15) is 6.20 Å². The first-order valence-electron chi connectivity index (χ1n) is 4.80. The molecule has 0 bridgehead atoms. The molecular formula is C12H7N3O. The number of aromatic nitrogens is 3. The lowest BCUT2D eigenvalue weighted by Gasteiger charge is -2.01. The molecule has 0 spiro atoms. The van der Waals surface area contributed by atoms with Crippen molar-refractivity contribution in [2.24, 2.45) is 0 Å². The summed E-state index contributed by atoms with van der Waals surface area (Å²) < 4.78 is 1.58. The molecule has 0 aliphatic carbocycles. The van der Waals surface area contributed by atoms with E-state index in [1.807, 2.05) is 18.2 Å². The molecule has 0 fully saturated rings. The molecule has 0 saturated carbocycles. The zero-order valence-electron chi connectivity index (χ0n) is 8.27. The standard InChI is InChI=1S/C12H7N3O/c16-12-11-3-2-10(15-7-1-5-14-15)8-9(11)4-6-13-12/h2-6,8H,(H,13,16). The van der Waals surface area contributed by atoms with Gasteiger partial charge in [-0.1, -0.05) is 0 Å². The van der Waals surface area contributed by atoms with E-state index in [1.54, 1.807) is 23.1 Å². The van der Waals surface area contributed by atoms with Crippen molar-refractivity contribution in [2.45, 2.75) is 0 Å². The van der Waals surface area contributed by atoms with Crippen molar-refractivity contribution >= 4 is 10.8 Å². The fraction of sp³-hybridized carbons (Fsp3) is 0. The van der Waals surface area contributed by atoms with Crippen molar-refractivity contribution in [1.82, 2.24) is 14.8 Å². The molecule has 1 aromatic carbocycles. The molecule has 1 N–H and O–H groups in total. The molecule has 3 aromatic rings. The van der Waals surface area contributed by atoms with Crippen molar-refractivity contribution in [3.05, 3.63) is 59.3 Å². The van der Waals surface area contributed by atoms with Crippen molar-refractivity contribution in [3.63, 3.8) is 0 Å². The summed E-state index contributed by atoms with van der Waals surface area (Å²) in [6.45, 7) is 0. The van der Waals surface area contributed by atoms with Gasteiger partial charge in [0, 0.05) is 17.8 Å². The van der Waals surface area contributed by atoms with Crippen molar-refractivity contribution < 1.29 is 0 Å². The average Bonchev–Trinajstić information content (AvgIpc) is 2.82. The van der Waals surface area contributed by atoms with Gasteiger partial charge in [-0.3, -0.25) is 4.79 Å². The van der Waals surface area contributed by atoms with Crippen LogP contribution in [0.15, 0.2) is 41.5 Å². The van der Waals surface area contributed by atoms with E-state index in [0.717, 1.165) is 11.1 Å². The maximum atomic E-state index is 11.5. The van der Waals surface area contributed by atoms with E-state index in [2.05, 4.69) is 22.3 Å². The number of nitrogens with zero attached hydrogens (tertiary/aromatic N) is 2. The smallest absolute Gasteiger partial charge is 0.255 e. The quantitative estimate of drug-likeness (QED) is 0.657. The van der Waals surface area contributed by atoms with E-state index in [0.29, 0.717) is 5.39 Å². The molecule has 0 unspecified atom stereocenters. The Morgan fingerprint density at radius 1 is 1.31 bits per heavy atom. The topological polar surface area (TPSA) is 50.7 Å². The number of hydrogen-bond acceptors (Lipinski definition) is 2. The molecule has 0 amide bonds. The highest BCUT2D eigenvalue weighted by atomic mass is 16.1. The average molecular weight is 209 g/mol. The minimum absolute atomic E-state index is 0.0833. The largest absolute Gasteiger partial charge is 0.329 e. The molecule has 3 rings (SSSR count). The molecular weight excluding hydrogens is 202 g/mol. The van der Waals surface area contributed by atoms with Gasteiger partial charge in [0.25, 0.3) is 5.56 Å². The second-order valence-corrected chi connectivity index (χ2v) is 3.39. The van der Waals surface area contributed by atoms with Gasteiger partial charge < -0.3 is 4.98 Å². The van der Waals surface area contributed by atoms with E-state index in [-0.39, 0.29) is 5.56 Å². The first-order chi connectivity index (χ1) is 7.84. The van der Waals surface area contributed by atoms with Crippen LogP contribution in [-0.4, -0.2) is 14.8 Å². The molecule has 16 heavy (non-hydrogen) atoms. The summed E-state index contributed by atoms with van der Waals surface area (Å²) in [6.07, 6.45) is 6.00. The fourth-order valence-corrected chi connectivity index (χ4v) is 1.65. The zero-order valence-corrected chi connectivity index (χ0v) is 8.27. The second kappa shape index (κ2) is 3.24. The Labute approximate surface area is 91.2 Å². The summed E-state index contributed by atoms with van der Waals surface area (Å²) in [4.78, 5) is 14.1. The lowest BCUT2D eigenvalue weighted by Crippen LogP contribution is -2.04. The molecule has 4 heteroatoms. The molecule has 2 aromatic heterocycles. The Morgan fingerprint density at radius 2 is 2.25 bits per heavy atom. The van der Waals surface area contributed by atoms with Gasteiger partial charge in [-0.25, -0.2) is 0 Å². The highest BCUT2D eigenvalue weighted by molar-refractivity contribution is 5.83. The summed E-state index contributed by atoms with van der Waals surface area (Å²) in [7, 11) is 0. The van der Waals surface area contributed by atoms with Crippen LogP contribution >= 0.6 is 0 Å². The minimum Gasteiger partial charge on any atom is -0.329 e. The van der Waals surface area contributed by atoms with Crippen LogP contribution in [0.5, 0.6) is 0 Å². The molecule has 0 saturated heterocycles. The molecule has 4 nitrogen and oxygen atoms in total. The Bertz CT molecular complexity index is 683. The van der Waals surface area contributed by atoms with Crippen LogP contribution in [0.25, 0.3) is 16.5 Å². The lowest BCUT2D eigenvalue weighted by molar-refractivity contribution is 0.877. The van der Waals surface area contributed by atoms with Gasteiger partial charge in [0.15, 0.2) is 0 Å². The third-order valence-electron chi connectivity index (χ3n) is 2.41. The van der Waals surface area contributed by atoms with Gasteiger partial charge in [-0.2, -0.15) is 9.78 Å². The first-order valence-corrected chi connectivity index (χ1v) is 4.80. The van der Waals surface area contributed by atoms with Gasteiger partial charge in [0.05, 0.1) is 5.69 Å². The van der Waals surface area contributed by atoms with Crippen LogP contribution in [-0.2, 0) is 0 Å². The number of hydrogen-bond donors (Lipinski definition) is 1. The minimum atomic E-state index is -0.0833. The highest BCUT2D eigenvalue weighted by Crippen LogP contribution is 2.13. The third-order valence-corrected chi connectivity index (χ3v) is 2.41. The van der Waals surface area contributed by atoms with Crippen molar-refractivity contribution in [2.75, 3.05) is 0 Å². The van der Waals surface area contributed by atoms with E-state index in [9.17, 15) is 4.79 Å². The predicted octanol–water partition coefficient (Wildman–Crippen LogP) is 1.31. The van der Waals surface area contributed by atoms with Crippen LogP contribution in [0, 0.1) is 12.3 Å². The normalized spacial score (nSPS) is 10.2. The lowest BCUT2D eigenvalue weighted by atomic mass is 10.1. The van der Waals surface area contributed by atoms with Gasteiger partial charge in [-0.05, 0) is 35.7 Å². The maximum Gasteiger partial charge on any atom is 0.255 e. The third kappa shape index (κ3) is 1.27. The first kappa shape index (κ1) is 8.74. The van der Waals surface area contributed by atoms with Crippen LogP contribution in [0.1, 0.15) is 0 Å². The van der Waals surface area contributed by atoms with Crippen LogP contribution in [0.4, 0.5) is 0 Å². The zero-order chi connectivity index (χ0) is 11.0. The maximum absolute atomic E-state index is 11.5. The van der Waals surface area contributed by atoms with Crippen LogP contribution < -0.4 is 5.56 Å². The molecule has 0 radical (unpaired) electrons. The number of fused-ring (bicyclic) bond motifs is 1. The predicted molar refractivity (Wildman–Crippen MR) is 59.4 cm³/mol. The van der Waals surface area contributed by atoms with Gasteiger partial charge >= 0.3 is 0 Å². The van der Waals surface area contributed by atoms with Crippen molar-refractivity contribution in [1.29, 1.82) is 0 Å². The monoisotopic (exact) mass is 209 g/mol. The van der Waals surface area contributed by atoms with Crippen molar-refractivity contribution in [3.8, 4) is 5.69 Å². The van der Waals surface area contributed by atoms with Gasteiger partial charge in [0.2, 0.25) is 0 Å². The molecule has 76 valence electrons. The SMILES string of the molecule is O=c1[nH]ccc2cc(-n3c#ccn3)ccc12. The summed E-state index contributed by atoms with van der Waals surface area (Å²) in [5.74, 6) is 0. The Hall–Kier alpha value is -2.54. The number of pyridine rings is 1. The van der Waals surface area contributed by atoms with E-state index < -0.39 is 0 Å². The Morgan fingerprint density at radius 3 is 3.06 bits per heavy atom. The molecule has 0 atom stereocenters. The molecule has 0 aliphatic heterocycles. The Kier molecular flexibility index (Phi) is 1.77. The van der Waals surface area contributed by atoms with E-state index in [4.69, 9.17) is 0 Å². The Balaban J connectivity index is 2.28. The summed E-state index contributed by atoms with van der Waals surface area (Å²) in [5.41, 5.74) is 0.777. The van der Waals surface area contributed by atoms with E-state index >= 15 is 0 Å². The number of rotatable bonds is 1. The van der Waals surface area contributed by atoms with Crippen LogP contribution in [0.3, 0.4) is 0 Å². The number of H-pyrrole nitrogens is 1. The highest BCUT2D eigenvalue weighted by Gasteiger charge is 2.00. The van der Waals surface area contributed by atoms with Gasteiger partial charge in [-0.15, -0.1) is 0 Å². The molecule has 2 heterocycles. The van der Waals surface area contributed by atoms with E-state index in [1.165, 1.54) is 0 Å². The number of aromatic amines is 1. The van der Waals surface area contributed by atoms with Crippen LogP contribution in [0.2, 0.25) is 0 Å². The fourth-order valence-electron chi connectivity index (χ4n) is 1.65. The molecule has 0 aliphatic rings. The number of nitrogens with one attached hydrogen (secondary N) is 1. The summed E-state index contributed by atoms with van der Waals surface area (Å²) >= 11 is 0.